The molecule has 65 heavy (non-hydrogen) atoms. The van der Waals surface area contributed by atoms with Crippen LogP contribution in [0.15, 0.2) is 224 Å². The molecule has 0 amide bonds. The zero-order valence-electron chi connectivity index (χ0n) is 36.8. The number of benzene rings is 10. The average Bonchev–Trinajstić information content (AvgIpc) is 3.95. The molecule has 1 aromatic heterocycles. The molecule has 1 spiro atoms. The van der Waals surface area contributed by atoms with E-state index in [4.69, 9.17) is 0 Å². The number of anilines is 3. The molecule has 10 aromatic carbocycles. The smallest absolute Gasteiger partial charge is 0.0726 e. The third-order valence-electron chi connectivity index (χ3n) is 14.4. The summed E-state index contributed by atoms with van der Waals surface area (Å²) in [5, 5.41) is 4.98. The molecule has 0 radical (unpaired) electrons. The number of nitrogens with zero attached hydrogens (tertiary/aromatic N) is 2. The normalized spacial score (nSPS) is 13.3. The fourth-order valence-corrected chi connectivity index (χ4v) is 11.4. The Morgan fingerprint density at radius 1 is 0.385 bits per heavy atom. The van der Waals surface area contributed by atoms with Gasteiger partial charge in [-0.2, -0.15) is 0 Å². The second kappa shape index (κ2) is 14.0. The fraction of sp³-hybridized carbons (Fsp3) is 0.0794. The minimum absolute atomic E-state index is 0.0125. The van der Waals surface area contributed by atoms with Crippen molar-refractivity contribution >= 4 is 49.6 Å². The van der Waals surface area contributed by atoms with Gasteiger partial charge in [0.25, 0.3) is 0 Å². The number of rotatable bonds is 5. The van der Waals surface area contributed by atoms with E-state index in [1.54, 1.807) is 0 Å². The summed E-state index contributed by atoms with van der Waals surface area (Å²) in [6.45, 7) is 6.87. The fourth-order valence-electron chi connectivity index (χ4n) is 11.4. The first-order valence-corrected chi connectivity index (χ1v) is 22.8. The molecule has 2 aliphatic rings. The lowest BCUT2D eigenvalue weighted by Gasteiger charge is -2.33. The summed E-state index contributed by atoms with van der Waals surface area (Å²) in [6, 6.07) is 84.1. The third kappa shape index (κ3) is 5.47. The molecule has 0 N–H and O–H groups in total. The molecule has 2 nitrogen and oxygen atoms in total. The summed E-state index contributed by atoms with van der Waals surface area (Å²) >= 11 is 0. The predicted octanol–water partition coefficient (Wildman–Crippen LogP) is 16.7. The largest absolute Gasteiger partial charge is 0.310 e. The SMILES string of the molecule is CC(C)(C)c1ccc(N(c2ccc(-n3c4ccccc4c4ccccc43)cc2)c2cc3c(cc2-c2ccc4ccccc4c2)-c2ccccc2C32c3ccccc3-c3ccccc32)cc1. The molecule has 13 rings (SSSR count). The number of aromatic nitrogens is 1. The standard InChI is InChI=1S/C63H46N2/c1-62(2,3)44-30-32-45(33-31-44)64(46-34-36-47(37-35-46)65-59-26-14-9-21-51(59)52-22-10-15-27-60(52)65)61-40-58-54(39-53(61)43-29-28-41-16-4-5-17-42(41)38-43)50-20-8-13-25-57(50)63(58)55-23-11-6-18-48(55)49-19-7-12-24-56(49)63/h4-40H,1-3H3. The lowest BCUT2D eigenvalue weighted by atomic mass is 9.70. The van der Waals surface area contributed by atoms with E-state index in [2.05, 4.69) is 255 Å². The zero-order chi connectivity index (χ0) is 43.4. The van der Waals surface area contributed by atoms with Crippen molar-refractivity contribution in [1.29, 1.82) is 0 Å². The highest BCUT2D eigenvalue weighted by Crippen LogP contribution is 2.64. The third-order valence-corrected chi connectivity index (χ3v) is 14.4. The topological polar surface area (TPSA) is 8.17 Å². The van der Waals surface area contributed by atoms with E-state index in [1.807, 2.05) is 0 Å². The number of hydrogen-bond donors (Lipinski definition) is 0. The van der Waals surface area contributed by atoms with Crippen molar-refractivity contribution in [2.75, 3.05) is 4.90 Å². The Morgan fingerprint density at radius 3 is 1.46 bits per heavy atom. The van der Waals surface area contributed by atoms with Crippen LogP contribution in [0, 0.1) is 0 Å². The van der Waals surface area contributed by atoms with E-state index in [0.29, 0.717) is 0 Å². The summed E-state index contributed by atoms with van der Waals surface area (Å²) in [4.78, 5) is 2.51. The molecule has 0 unspecified atom stereocenters. The minimum atomic E-state index is -0.488. The monoisotopic (exact) mass is 830 g/mol. The average molecular weight is 831 g/mol. The maximum absolute atomic E-state index is 2.55. The van der Waals surface area contributed by atoms with E-state index in [-0.39, 0.29) is 5.41 Å². The van der Waals surface area contributed by atoms with Gasteiger partial charge in [0.2, 0.25) is 0 Å². The van der Waals surface area contributed by atoms with Crippen LogP contribution in [-0.4, -0.2) is 4.57 Å². The van der Waals surface area contributed by atoms with Gasteiger partial charge in [0.1, 0.15) is 0 Å². The molecule has 2 aliphatic carbocycles. The summed E-state index contributed by atoms with van der Waals surface area (Å²) in [5.41, 5.74) is 20.6. The summed E-state index contributed by atoms with van der Waals surface area (Å²) in [5.74, 6) is 0. The Bertz CT molecular complexity index is 3590. The second-order valence-electron chi connectivity index (χ2n) is 18.9. The van der Waals surface area contributed by atoms with Crippen LogP contribution in [0.1, 0.15) is 48.6 Å². The van der Waals surface area contributed by atoms with Gasteiger partial charge < -0.3 is 9.47 Å². The van der Waals surface area contributed by atoms with Gasteiger partial charge in [0.05, 0.1) is 22.1 Å². The molecular formula is C63H46N2. The molecule has 0 fully saturated rings. The lowest BCUT2D eigenvalue weighted by molar-refractivity contribution is 0.590. The highest BCUT2D eigenvalue weighted by atomic mass is 15.1. The second-order valence-corrected chi connectivity index (χ2v) is 18.9. The van der Waals surface area contributed by atoms with E-state index in [1.165, 1.54) is 93.8 Å². The lowest BCUT2D eigenvalue weighted by Crippen LogP contribution is -2.26. The Labute approximate surface area is 380 Å². The van der Waals surface area contributed by atoms with Crippen LogP contribution in [-0.2, 0) is 10.8 Å². The summed E-state index contributed by atoms with van der Waals surface area (Å²) in [7, 11) is 0. The molecular weight excluding hydrogens is 785 g/mol. The van der Waals surface area contributed by atoms with Gasteiger partial charge in [0, 0.05) is 33.4 Å². The van der Waals surface area contributed by atoms with Crippen molar-refractivity contribution in [2.24, 2.45) is 0 Å². The van der Waals surface area contributed by atoms with E-state index < -0.39 is 5.41 Å². The molecule has 0 saturated heterocycles. The van der Waals surface area contributed by atoms with Crippen molar-refractivity contribution < 1.29 is 0 Å². The van der Waals surface area contributed by atoms with Gasteiger partial charge in [-0.1, -0.05) is 178 Å². The Balaban J connectivity index is 1.11. The van der Waals surface area contributed by atoms with Crippen LogP contribution in [0.3, 0.4) is 0 Å². The first kappa shape index (κ1) is 37.6. The number of fused-ring (bicyclic) bond motifs is 14. The zero-order valence-corrected chi connectivity index (χ0v) is 36.8. The maximum atomic E-state index is 2.55. The van der Waals surface area contributed by atoms with E-state index in [0.717, 1.165) is 22.7 Å². The van der Waals surface area contributed by atoms with Crippen LogP contribution >= 0.6 is 0 Å². The van der Waals surface area contributed by atoms with Crippen molar-refractivity contribution in [3.05, 3.63) is 252 Å². The van der Waals surface area contributed by atoms with Crippen LogP contribution in [0.5, 0.6) is 0 Å². The number of para-hydroxylation sites is 2. The van der Waals surface area contributed by atoms with Crippen LogP contribution in [0.2, 0.25) is 0 Å². The molecule has 0 atom stereocenters. The van der Waals surface area contributed by atoms with E-state index in [9.17, 15) is 0 Å². The molecule has 0 aliphatic heterocycles. The Kier molecular flexibility index (Phi) is 8.12. The molecule has 2 heteroatoms. The van der Waals surface area contributed by atoms with Crippen molar-refractivity contribution in [1.82, 2.24) is 4.57 Å². The highest BCUT2D eigenvalue weighted by Gasteiger charge is 2.52. The van der Waals surface area contributed by atoms with Gasteiger partial charge >= 0.3 is 0 Å². The molecule has 308 valence electrons. The quantitative estimate of drug-likeness (QED) is 0.168. The van der Waals surface area contributed by atoms with Crippen molar-refractivity contribution in [3.63, 3.8) is 0 Å². The molecule has 0 saturated carbocycles. The van der Waals surface area contributed by atoms with E-state index >= 15 is 0 Å². The van der Waals surface area contributed by atoms with Crippen molar-refractivity contribution in [2.45, 2.75) is 31.6 Å². The van der Waals surface area contributed by atoms with Gasteiger partial charge in [-0.3, -0.25) is 0 Å². The first-order chi connectivity index (χ1) is 31.9. The van der Waals surface area contributed by atoms with Gasteiger partial charge in [-0.05, 0) is 139 Å². The molecule has 11 aromatic rings. The van der Waals surface area contributed by atoms with Gasteiger partial charge in [0.15, 0.2) is 0 Å². The van der Waals surface area contributed by atoms with Crippen molar-refractivity contribution in [3.8, 4) is 39.1 Å². The Hall–Kier alpha value is -7.94. The maximum Gasteiger partial charge on any atom is 0.0726 e. The van der Waals surface area contributed by atoms with Crippen LogP contribution in [0.25, 0.3) is 71.6 Å². The van der Waals surface area contributed by atoms with Gasteiger partial charge in [-0.25, -0.2) is 0 Å². The minimum Gasteiger partial charge on any atom is -0.310 e. The Morgan fingerprint density at radius 2 is 0.877 bits per heavy atom. The van der Waals surface area contributed by atoms with Crippen LogP contribution in [0.4, 0.5) is 17.1 Å². The predicted molar refractivity (Wildman–Crippen MR) is 273 cm³/mol. The summed E-state index contributed by atoms with van der Waals surface area (Å²) < 4.78 is 2.41. The summed E-state index contributed by atoms with van der Waals surface area (Å²) in [6.07, 6.45) is 0. The highest BCUT2D eigenvalue weighted by molar-refractivity contribution is 6.09. The molecule has 0 bridgehead atoms. The number of hydrogen-bond acceptors (Lipinski definition) is 1. The molecule has 1 heterocycles. The van der Waals surface area contributed by atoms with Gasteiger partial charge in [-0.15, -0.1) is 0 Å². The first-order valence-electron chi connectivity index (χ1n) is 22.8. The van der Waals surface area contributed by atoms with Crippen LogP contribution < -0.4 is 4.90 Å².